The van der Waals surface area contributed by atoms with Gasteiger partial charge >= 0.3 is 0 Å². The molecule has 1 N–H and O–H groups in total. The molecule has 2 heterocycles. The fourth-order valence-electron chi connectivity index (χ4n) is 3.13. The average Bonchev–Trinajstić information content (AvgIpc) is 3.10. The highest BCUT2D eigenvalue weighted by molar-refractivity contribution is 7.89. The molecule has 2 aliphatic rings. The number of nitrogens with zero attached hydrogens (tertiary/aromatic N) is 2. The molecular weight excluding hydrogens is 276 g/mol. The summed E-state index contributed by atoms with van der Waals surface area (Å²) in [5.41, 5.74) is 0. The van der Waals surface area contributed by atoms with Crippen molar-refractivity contribution in [1.29, 1.82) is 0 Å². The third-order valence-electron chi connectivity index (χ3n) is 4.24. The van der Waals surface area contributed by atoms with Gasteiger partial charge in [-0.3, -0.25) is 4.90 Å². The first-order chi connectivity index (χ1) is 9.57. The lowest BCUT2D eigenvalue weighted by atomic mass is 10.2. The highest BCUT2D eigenvalue weighted by atomic mass is 32.2. The summed E-state index contributed by atoms with van der Waals surface area (Å²) < 4.78 is 26.6. The lowest BCUT2D eigenvalue weighted by molar-refractivity contribution is 0.251. The molecule has 2 fully saturated rings. The van der Waals surface area contributed by atoms with Crippen molar-refractivity contribution in [3.05, 3.63) is 24.3 Å². The number of rotatable bonds is 3. The predicted molar refractivity (Wildman–Crippen MR) is 76.1 cm³/mol. The lowest BCUT2D eigenvalue weighted by Crippen LogP contribution is -2.37. The monoisotopic (exact) mass is 296 g/mol. The fourth-order valence-corrected chi connectivity index (χ4v) is 4.66. The molecule has 1 aromatic rings. The zero-order valence-corrected chi connectivity index (χ0v) is 12.2. The van der Waals surface area contributed by atoms with Crippen LogP contribution in [0.15, 0.2) is 29.2 Å². The van der Waals surface area contributed by atoms with Gasteiger partial charge in [0.15, 0.2) is 0 Å². The topological polar surface area (TPSA) is 60.9 Å². The largest absolute Gasteiger partial charge is 0.508 e. The molecule has 0 amide bonds. The van der Waals surface area contributed by atoms with Crippen LogP contribution in [0.3, 0.4) is 0 Å². The normalized spacial score (nSPS) is 25.3. The number of benzene rings is 1. The van der Waals surface area contributed by atoms with E-state index in [0.717, 1.165) is 19.5 Å². The van der Waals surface area contributed by atoms with Crippen molar-refractivity contribution in [2.45, 2.75) is 30.2 Å². The van der Waals surface area contributed by atoms with Crippen LogP contribution in [-0.4, -0.2) is 55.0 Å². The maximum Gasteiger partial charge on any atom is 0.243 e. The Kier molecular flexibility index (Phi) is 3.70. The number of phenolic OH excluding ortho intramolecular Hbond substituents is 1. The van der Waals surface area contributed by atoms with E-state index >= 15 is 0 Å². The summed E-state index contributed by atoms with van der Waals surface area (Å²) in [5, 5.41) is 9.45. The standard InChI is InChI=1S/C14H20N2O3S/c17-13-4-3-5-14(10-13)20(18,19)16-9-6-12(11-16)15-7-1-2-8-15/h3-5,10,12,17H,1-2,6-9,11H2. The van der Waals surface area contributed by atoms with Gasteiger partial charge in [0, 0.05) is 19.1 Å². The van der Waals surface area contributed by atoms with Crippen LogP contribution in [0.1, 0.15) is 19.3 Å². The number of aromatic hydroxyl groups is 1. The van der Waals surface area contributed by atoms with E-state index in [2.05, 4.69) is 4.90 Å². The SMILES string of the molecule is O=S(=O)(c1cccc(O)c1)N1CCC(N2CCCC2)C1. The number of phenols is 1. The maximum absolute atomic E-state index is 12.5. The van der Waals surface area contributed by atoms with E-state index in [1.165, 1.54) is 31.0 Å². The molecule has 0 aliphatic carbocycles. The molecule has 0 aromatic heterocycles. The Labute approximate surface area is 119 Å². The minimum absolute atomic E-state index is 0.0126. The van der Waals surface area contributed by atoms with E-state index in [9.17, 15) is 13.5 Å². The minimum atomic E-state index is -3.48. The molecule has 0 saturated carbocycles. The van der Waals surface area contributed by atoms with Crippen LogP contribution in [0.5, 0.6) is 5.75 Å². The molecule has 6 heteroatoms. The second kappa shape index (κ2) is 5.35. The van der Waals surface area contributed by atoms with Crippen LogP contribution in [0, 0.1) is 0 Å². The summed E-state index contributed by atoms with van der Waals surface area (Å²) in [6.07, 6.45) is 3.34. The fraction of sp³-hybridized carbons (Fsp3) is 0.571. The summed E-state index contributed by atoms with van der Waals surface area (Å²) in [6.45, 7) is 3.31. The van der Waals surface area contributed by atoms with E-state index in [0.29, 0.717) is 19.1 Å². The van der Waals surface area contributed by atoms with Crippen LogP contribution >= 0.6 is 0 Å². The van der Waals surface area contributed by atoms with E-state index in [1.807, 2.05) is 0 Å². The molecule has 2 saturated heterocycles. The Morgan fingerprint density at radius 3 is 2.60 bits per heavy atom. The molecule has 2 aliphatic heterocycles. The number of sulfonamides is 1. The molecule has 5 nitrogen and oxygen atoms in total. The molecule has 1 aromatic carbocycles. The van der Waals surface area contributed by atoms with Crippen molar-refractivity contribution >= 4 is 10.0 Å². The average molecular weight is 296 g/mol. The lowest BCUT2D eigenvalue weighted by Gasteiger charge is -2.23. The van der Waals surface area contributed by atoms with Gasteiger partial charge < -0.3 is 5.11 Å². The highest BCUT2D eigenvalue weighted by Crippen LogP contribution is 2.26. The Morgan fingerprint density at radius 1 is 1.15 bits per heavy atom. The van der Waals surface area contributed by atoms with Crippen LogP contribution in [0.2, 0.25) is 0 Å². The Hall–Kier alpha value is -1.11. The van der Waals surface area contributed by atoms with Gasteiger partial charge in [-0.1, -0.05) is 6.07 Å². The zero-order chi connectivity index (χ0) is 14.2. The van der Waals surface area contributed by atoms with Gasteiger partial charge in [-0.25, -0.2) is 8.42 Å². The van der Waals surface area contributed by atoms with E-state index in [1.54, 1.807) is 10.4 Å². The van der Waals surface area contributed by atoms with Crippen molar-refractivity contribution in [3.63, 3.8) is 0 Å². The van der Waals surface area contributed by atoms with Gasteiger partial charge in [-0.05, 0) is 50.6 Å². The first kappa shape index (κ1) is 13.9. The van der Waals surface area contributed by atoms with Gasteiger partial charge in [0.25, 0.3) is 0 Å². The molecular formula is C14H20N2O3S. The summed E-state index contributed by atoms with van der Waals surface area (Å²) >= 11 is 0. The van der Waals surface area contributed by atoms with Crippen molar-refractivity contribution in [2.24, 2.45) is 0 Å². The summed E-state index contributed by atoms with van der Waals surface area (Å²) in [4.78, 5) is 2.58. The quantitative estimate of drug-likeness (QED) is 0.912. The van der Waals surface area contributed by atoms with Crippen LogP contribution in [0.25, 0.3) is 0 Å². The third kappa shape index (κ3) is 2.55. The molecule has 1 atom stereocenters. The van der Waals surface area contributed by atoms with E-state index < -0.39 is 10.0 Å². The van der Waals surface area contributed by atoms with E-state index in [4.69, 9.17) is 0 Å². The number of likely N-dealkylation sites (tertiary alicyclic amines) is 1. The van der Waals surface area contributed by atoms with E-state index in [-0.39, 0.29) is 10.6 Å². The maximum atomic E-state index is 12.5. The van der Waals surface area contributed by atoms with Gasteiger partial charge in [-0.15, -0.1) is 0 Å². The van der Waals surface area contributed by atoms with Crippen molar-refractivity contribution < 1.29 is 13.5 Å². The Morgan fingerprint density at radius 2 is 1.90 bits per heavy atom. The Bertz CT molecular complexity index is 582. The van der Waals surface area contributed by atoms with Gasteiger partial charge in [0.2, 0.25) is 10.0 Å². The second-order valence-electron chi connectivity index (χ2n) is 5.55. The number of hydrogen-bond donors (Lipinski definition) is 1. The number of hydrogen-bond acceptors (Lipinski definition) is 4. The van der Waals surface area contributed by atoms with Crippen molar-refractivity contribution in [3.8, 4) is 5.75 Å². The van der Waals surface area contributed by atoms with Crippen LogP contribution in [-0.2, 0) is 10.0 Å². The molecule has 110 valence electrons. The highest BCUT2D eigenvalue weighted by Gasteiger charge is 2.35. The summed E-state index contributed by atoms with van der Waals surface area (Å²) in [7, 11) is -3.48. The van der Waals surface area contributed by atoms with Crippen LogP contribution in [0.4, 0.5) is 0 Å². The molecule has 20 heavy (non-hydrogen) atoms. The molecule has 0 radical (unpaired) electrons. The first-order valence-corrected chi connectivity index (χ1v) is 8.54. The summed E-state index contributed by atoms with van der Waals surface area (Å²) in [5.74, 6) is -0.0126. The van der Waals surface area contributed by atoms with Gasteiger partial charge in [0.05, 0.1) is 4.90 Å². The van der Waals surface area contributed by atoms with Crippen LogP contribution < -0.4 is 0 Å². The minimum Gasteiger partial charge on any atom is -0.508 e. The second-order valence-corrected chi connectivity index (χ2v) is 7.48. The molecule has 3 rings (SSSR count). The molecule has 1 unspecified atom stereocenters. The first-order valence-electron chi connectivity index (χ1n) is 7.10. The molecule has 0 spiro atoms. The smallest absolute Gasteiger partial charge is 0.243 e. The van der Waals surface area contributed by atoms with Crippen molar-refractivity contribution in [2.75, 3.05) is 26.2 Å². The summed E-state index contributed by atoms with van der Waals surface area (Å²) in [6, 6.07) is 6.26. The molecule has 0 bridgehead atoms. The zero-order valence-electron chi connectivity index (χ0n) is 11.4. The van der Waals surface area contributed by atoms with Gasteiger partial charge in [0.1, 0.15) is 5.75 Å². The van der Waals surface area contributed by atoms with Gasteiger partial charge in [-0.2, -0.15) is 4.31 Å². The predicted octanol–water partition coefficient (Wildman–Crippen LogP) is 1.25. The van der Waals surface area contributed by atoms with Crippen molar-refractivity contribution in [1.82, 2.24) is 9.21 Å². The Balaban J connectivity index is 1.76. The third-order valence-corrected chi connectivity index (χ3v) is 6.10.